The van der Waals surface area contributed by atoms with E-state index in [0.29, 0.717) is 25.2 Å². The quantitative estimate of drug-likeness (QED) is 0.337. The Morgan fingerprint density at radius 1 is 1.10 bits per heavy atom. The van der Waals surface area contributed by atoms with Crippen molar-refractivity contribution >= 4 is 29.3 Å². The molecule has 41 heavy (non-hydrogen) atoms. The first-order valence-electron chi connectivity index (χ1n) is 14.0. The fourth-order valence-corrected chi connectivity index (χ4v) is 5.04. The highest BCUT2D eigenvalue weighted by atomic mass is 19.1. The molecule has 2 atom stereocenters. The number of nitrogens with one attached hydrogen (secondary N) is 4. The van der Waals surface area contributed by atoms with Crippen molar-refractivity contribution in [1.82, 2.24) is 35.5 Å². The van der Waals surface area contributed by atoms with Gasteiger partial charge in [-0.15, -0.1) is 0 Å². The van der Waals surface area contributed by atoms with Crippen LogP contribution in [-0.4, -0.2) is 95.1 Å². The maximum absolute atomic E-state index is 15.1. The van der Waals surface area contributed by atoms with Crippen molar-refractivity contribution in [3.8, 4) is 0 Å². The SMILES string of the molecule is CCC(=O)N[C@H](Cc1ccc(NC(=O)[C@H](C)NC(=O)c2nn(C)c3c2CNCC3)c(F)c1)C(=O)N1CCN(C)CC1. The molecule has 0 aliphatic carbocycles. The fraction of sp³-hybridized carbons (Fsp3) is 0.536. The van der Waals surface area contributed by atoms with Crippen molar-refractivity contribution in [2.75, 3.05) is 45.1 Å². The maximum atomic E-state index is 15.1. The molecule has 2 aliphatic heterocycles. The second kappa shape index (κ2) is 13.2. The molecule has 4 rings (SSSR count). The molecule has 4 amide bonds. The predicted molar refractivity (Wildman–Crippen MR) is 151 cm³/mol. The number of likely N-dealkylation sites (N-methyl/N-ethyl adjacent to an activating group) is 1. The van der Waals surface area contributed by atoms with Crippen LogP contribution in [0, 0.1) is 5.82 Å². The van der Waals surface area contributed by atoms with Gasteiger partial charge in [-0.05, 0) is 31.7 Å². The summed E-state index contributed by atoms with van der Waals surface area (Å²) >= 11 is 0. The third-order valence-corrected chi connectivity index (χ3v) is 7.57. The van der Waals surface area contributed by atoms with Crippen molar-refractivity contribution in [2.24, 2.45) is 7.05 Å². The second-order valence-corrected chi connectivity index (χ2v) is 10.6. The number of carbonyl (C=O) groups is 4. The highest BCUT2D eigenvalue weighted by Crippen LogP contribution is 2.20. The van der Waals surface area contributed by atoms with Gasteiger partial charge in [0.05, 0.1) is 5.69 Å². The van der Waals surface area contributed by atoms with Gasteiger partial charge < -0.3 is 31.1 Å². The molecule has 0 spiro atoms. The lowest BCUT2D eigenvalue weighted by molar-refractivity contribution is -0.137. The summed E-state index contributed by atoms with van der Waals surface area (Å²) in [5.74, 6) is -2.22. The number of aromatic nitrogens is 2. The first kappa shape index (κ1) is 30.1. The standard InChI is InChI=1S/C28H39FN8O4/c1-5-24(38)32-22(28(41)37-12-10-35(3)11-13-37)15-18-6-7-21(20(29)14-18)33-26(39)17(2)31-27(40)25-19-16-30-9-8-23(19)36(4)34-25/h6-7,14,17,22,30H,5,8-13,15-16H2,1-4H3,(H,31,40)(H,32,38)(H,33,39)/t17-,22+/m0/s1. The van der Waals surface area contributed by atoms with Crippen molar-refractivity contribution in [3.05, 3.63) is 46.5 Å². The maximum Gasteiger partial charge on any atom is 0.272 e. The number of hydrogen-bond acceptors (Lipinski definition) is 7. The third kappa shape index (κ3) is 7.27. The number of nitrogens with zero attached hydrogens (tertiary/aromatic N) is 4. The molecule has 1 fully saturated rings. The number of amides is 4. The molecule has 12 nitrogen and oxygen atoms in total. The van der Waals surface area contributed by atoms with Crippen LogP contribution in [0.4, 0.5) is 10.1 Å². The minimum absolute atomic E-state index is 0.0567. The van der Waals surface area contributed by atoms with Gasteiger partial charge in [0.25, 0.3) is 5.91 Å². The van der Waals surface area contributed by atoms with E-state index in [1.165, 1.54) is 19.1 Å². The van der Waals surface area contributed by atoms with E-state index in [-0.39, 0.29) is 36.0 Å². The van der Waals surface area contributed by atoms with E-state index in [9.17, 15) is 19.2 Å². The van der Waals surface area contributed by atoms with Crippen molar-refractivity contribution in [1.29, 1.82) is 0 Å². The molecule has 2 aliphatic rings. The summed E-state index contributed by atoms with van der Waals surface area (Å²) in [4.78, 5) is 54.9. The summed E-state index contributed by atoms with van der Waals surface area (Å²) < 4.78 is 16.7. The number of rotatable bonds is 9. The monoisotopic (exact) mass is 570 g/mol. The lowest BCUT2D eigenvalue weighted by Gasteiger charge is -2.34. The summed E-state index contributed by atoms with van der Waals surface area (Å²) in [5, 5.41) is 15.5. The number of carbonyl (C=O) groups excluding carboxylic acids is 4. The zero-order valence-electron chi connectivity index (χ0n) is 24.1. The topological polar surface area (TPSA) is 141 Å². The van der Waals surface area contributed by atoms with Gasteiger partial charge >= 0.3 is 0 Å². The van der Waals surface area contributed by atoms with Crippen LogP contribution >= 0.6 is 0 Å². The molecule has 0 bridgehead atoms. The van der Waals surface area contributed by atoms with Gasteiger partial charge in [0, 0.05) is 76.8 Å². The number of benzene rings is 1. The smallest absolute Gasteiger partial charge is 0.272 e. The molecule has 3 heterocycles. The lowest BCUT2D eigenvalue weighted by atomic mass is 10.0. The Balaban J connectivity index is 1.38. The average molecular weight is 571 g/mol. The Hall–Kier alpha value is -3.84. The highest BCUT2D eigenvalue weighted by Gasteiger charge is 2.29. The molecule has 0 unspecified atom stereocenters. The predicted octanol–water partition coefficient (Wildman–Crippen LogP) is 0.173. The summed E-state index contributed by atoms with van der Waals surface area (Å²) in [6.45, 7) is 7.13. The Morgan fingerprint density at radius 3 is 2.51 bits per heavy atom. The molecule has 1 aromatic carbocycles. The van der Waals surface area contributed by atoms with E-state index in [1.807, 2.05) is 7.05 Å². The summed E-state index contributed by atoms with van der Waals surface area (Å²) in [6.07, 6.45) is 1.09. The Labute approximate surface area is 239 Å². The lowest BCUT2D eigenvalue weighted by Crippen LogP contribution is -2.54. The number of hydrogen-bond donors (Lipinski definition) is 4. The molecule has 222 valence electrons. The molecular weight excluding hydrogens is 531 g/mol. The number of anilines is 1. The molecule has 4 N–H and O–H groups in total. The van der Waals surface area contributed by atoms with Crippen LogP contribution in [0.1, 0.15) is 47.6 Å². The van der Waals surface area contributed by atoms with Crippen LogP contribution in [0.5, 0.6) is 0 Å². The number of halogens is 1. The van der Waals surface area contributed by atoms with Crippen LogP contribution in [-0.2, 0) is 40.8 Å². The molecule has 0 saturated carbocycles. The molecule has 1 aromatic heterocycles. The van der Waals surface area contributed by atoms with Crippen molar-refractivity contribution in [3.63, 3.8) is 0 Å². The van der Waals surface area contributed by atoms with E-state index in [4.69, 9.17) is 0 Å². The highest BCUT2D eigenvalue weighted by molar-refractivity contribution is 6.01. The van der Waals surface area contributed by atoms with Crippen LogP contribution in [0.25, 0.3) is 0 Å². The Bertz CT molecular complexity index is 1300. The molecule has 0 radical (unpaired) electrons. The first-order chi connectivity index (χ1) is 19.6. The zero-order chi connectivity index (χ0) is 29.7. The summed E-state index contributed by atoms with van der Waals surface area (Å²) in [6, 6.07) is 2.49. The molecule has 2 aromatic rings. The van der Waals surface area contributed by atoms with E-state index < -0.39 is 29.7 Å². The third-order valence-electron chi connectivity index (χ3n) is 7.57. The number of fused-ring (bicyclic) bond motifs is 1. The number of aryl methyl sites for hydroxylation is 1. The Morgan fingerprint density at radius 2 is 1.83 bits per heavy atom. The van der Waals surface area contributed by atoms with E-state index in [1.54, 1.807) is 29.6 Å². The van der Waals surface area contributed by atoms with Gasteiger partial charge in [-0.2, -0.15) is 5.10 Å². The van der Waals surface area contributed by atoms with Crippen molar-refractivity contribution in [2.45, 2.75) is 51.7 Å². The van der Waals surface area contributed by atoms with Gasteiger partial charge in [-0.1, -0.05) is 13.0 Å². The van der Waals surface area contributed by atoms with Crippen LogP contribution < -0.4 is 21.3 Å². The minimum atomic E-state index is -0.953. The fourth-order valence-electron chi connectivity index (χ4n) is 5.04. The van der Waals surface area contributed by atoms with Gasteiger partial charge in [-0.25, -0.2) is 4.39 Å². The van der Waals surface area contributed by atoms with Crippen LogP contribution in [0.3, 0.4) is 0 Å². The summed E-state index contributed by atoms with van der Waals surface area (Å²) in [7, 11) is 3.77. The second-order valence-electron chi connectivity index (χ2n) is 10.6. The minimum Gasteiger partial charge on any atom is -0.344 e. The molecule has 1 saturated heterocycles. The van der Waals surface area contributed by atoms with Crippen molar-refractivity contribution < 1.29 is 23.6 Å². The zero-order valence-corrected chi connectivity index (χ0v) is 24.1. The normalized spacial score (nSPS) is 16.9. The summed E-state index contributed by atoms with van der Waals surface area (Å²) in [5.41, 5.74) is 2.50. The van der Waals surface area contributed by atoms with Gasteiger partial charge in [0.1, 0.15) is 17.9 Å². The van der Waals surface area contributed by atoms with Crippen LogP contribution in [0.15, 0.2) is 18.2 Å². The van der Waals surface area contributed by atoms with E-state index >= 15 is 4.39 Å². The van der Waals surface area contributed by atoms with E-state index in [0.717, 1.165) is 37.3 Å². The Kier molecular flexibility index (Phi) is 9.71. The van der Waals surface area contributed by atoms with Gasteiger partial charge in [-0.3, -0.25) is 23.9 Å². The largest absolute Gasteiger partial charge is 0.344 e. The van der Waals surface area contributed by atoms with Gasteiger partial charge in [0.15, 0.2) is 5.69 Å². The van der Waals surface area contributed by atoms with Crippen LogP contribution in [0.2, 0.25) is 0 Å². The first-order valence-corrected chi connectivity index (χ1v) is 14.0. The van der Waals surface area contributed by atoms with E-state index in [2.05, 4.69) is 31.3 Å². The van der Waals surface area contributed by atoms with Gasteiger partial charge in [0.2, 0.25) is 17.7 Å². The molecular formula is C28H39FN8O4. The average Bonchev–Trinajstić information content (AvgIpc) is 3.30. The number of piperazine rings is 1. The molecule has 13 heteroatoms.